The normalized spacial score (nSPS) is 11.6. The third-order valence-electron chi connectivity index (χ3n) is 4.39. The molecule has 0 bridgehead atoms. The number of rotatable bonds is 2. The van der Waals surface area contributed by atoms with Crippen molar-refractivity contribution >= 4 is 44.9 Å². The van der Waals surface area contributed by atoms with E-state index in [4.69, 9.17) is 16.6 Å². The molecule has 1 aromatic carbocycles. The Hall–Kier alpha value is -2.63. The summed E-state index contributed by atoms with van der Waals surface area (Å²) in [5.74, 6) is 0. The Morgan fingerprint density at radius 3 is 3.00 bits per heavy atom. The number of nitrogens with one attached hydrogen (secondary N) is 1. The van der Waals surface area contributed by atoms with Gasteiger partial charge in [0.25, 0.3) is 0 Å². The molecule has 6 heteroatoms. The molecule has 122 valence electrons. The molecule has 4 aromatic heterocycles. The van der Waals surface area contributed by atoms with Crippen LogP contribution in [0.25, 0.3) is 43.8 Å². The number of benzene rings is 1. The van der Waals surface area contributed by atoms with Gasteiger partial charge in [0.1, 0.15) is 10.7 Å². The van der Waals surface area contributed by atoms with Gasteiger partial charge in [-0.3, -0.25) is 0 Å². The predicted octanol–water partition coefficient (Wildman–Crippen LogP) is 5.50. The minimum Gasteiger partial charge on any atom is -0.360 e. The summed E-state index contributed by atoms with van der Waals surface area (Å²) >= 11 is 7.80. The molecule has 0 spiro atoms. The summed E-state index contributed by atoms with van der Waals surface area (Å²) in [7, 11) is 2.01. The highest BCUT2D eigenvalue weighted by Gasteiger charge is 2.15. The van der Waals surface area contributed by atoms with E-state index < -0.39 is 0 Å². The Balaban J connectivity index is 1.67. The van der Waals surface area contributed by atoms with E-state index in [0.29, 0.717) is 0 Å². The Labute approximate surface area is 152 Å². The molecule has 0 fully saturated rings. The van der Waals surface area contributed by atoms with E-state index in [2.05, 4.69) is 27.6 Å². The molecule has 1 N–H and O–H groups in total. The first-order chi connectivity index (χ1) is 12.2. The van der Waals surface area contributed by atoms with Gasteiger partial charge in [0.05, 0.1) is 5.69 Å². The molecule has 0 atom stereocenters. The van der Waals surface area contributed by atoms with Gasteiger partial charge < -0.3 is 9.55 Å². The lowest BCUT2D eigenvalue weighted by Gasteiger charge is -1.96. The number of pyridine rings is 1. The van der Waals surface area contributed by atoms with Crippen molar-refractivity contribution in [3.8, 4) is 21.8 Å². The topological polar surface area (TPSA) is 46.5 Å². The molecule has 0 saturated heterocycles. The molecule has 5 rings (SSSR count). The molecule has 0 radical (unpaired) electrons. The standard InChI is InChI=1S/C19H13ClN4S/c1-24-9-15(12-3-2-6-21-18(12)24)17-10-25-19(23-17)14-8-22-16-5-4-11(20)7-13(14)16/h2-10,22H,1H3. The number of aryl methyl sites for hydroxylation is 1. The minimum absolute atomic E-state index is 0.727. The second kappa shape index (κ2) is 5.44. The quantitative estimate of drug-likeness (QED) is 0.449. The summed E-state index contributed by atoms with van der Waals surface area (Å²) in [5.41, 5.74) is 5.17. The number of thiazole rings is 1. The monoisotopic (exact) mass is 364 g/mol. The van der Waals surface area contributed by atoms with Gasteiger partial charge >= 0.3 is 0 Å². The van der Waals surface area contributed by atoms with Crippen LogP contribution in [0.5, 0.6) is 0 Å². The zero-order valence-electron chi connectivity index (χ0n) is 13.3. The van der Waals surface area contributed by atoms with E-state index >= 15 is 0 Å². The number of hydrogen-bond acceptors (Lipinski definition) is 3. The van der Waals surface area contributed by atoms with Gasteiger partial charge in [-0.15, -0.1) is 11.3 Å². The van der Waals surface area contributed by atoms with E-state index in [0.717, 1.165) is 48.8 Å². The molecule has 0 unspecified atom stereocenters. The summed E-state index contributed by atoms with van der Waals surface area (Å²) in [5, 5.41) is 6.01. The molecule has 0 aliphatic heterocycles. The van der Waals surface area contributed by atoms with Gasteiger partial charge in [0.15, 0.2) is 0 Å². The van der Waals surface area contributed by atoms with Crippen molar-refractivity contribution < 1.29 is 0 Å². The number of H-pyrrole nitrogens is 1. The molecule has 0 aliphatic rings. The highest BCUT2D eigenvalue weighted by Crippen LogP contribution is 2.36. The van der Waals surface area contributed by atoms with E-state index in [1.54, 1.807) is 11.3 Å². The number of aromatic nitrogens is 4. The van der Waals surface area contributed by atoms with Crippen LogP contribution < -0.4 is 0 Å². The molecular formula is C19H13ClN4S. The van der Waals surface area contributed by atoms with Crippen LogP contribution in [0.4, 0.5) is 0 Å². The lowest BCUT2D eigenvalue weighted by atomic mass is 10.1. The van der Waals surface area contributed by atoms with Gasteiger partial charge in [-0.2, -0.15) is 0 Å². The highest BCUT2D eigenvalue weighted by molar-refractivity contribution is 7.13. The first kappa shape index (κ1) is 14.7. The van der Waals surface area contributed by atoms with Gasteiger partial charge in [-0.05, 0) is 30.3 Å². The van der Waals surface area contributed by atoms with Crippen LogP contribution in [0.3, 0.4) is 0 Å². The predicted molar refractivity (Wildman–Crippen MR) is 104 cm³/mol. The maximum atomic E-state index is 6.16. The summed E-state index contributed by atoms with van der Waals surface area (Å²) in [6, 6.07) is 9.90. The molecule has 4 nitrogen and oxygen atoms in total. The van der Waals surface area contributed by atoms with Gasteiger partial charge in [-0.25, -0.2) is 9.97 Å². The fourth-order valence-corrected chi connectivity index (χ4v) is 4.23. The van der Waals surface area contributed by atoms with Crippen molar-refractivity contribution in [2.45, 2.75) is 0 Å². The third kappa shape index (κ3) is 2.27. The van der Waals surface area contributed by atoms with Crippen LogP contribution in [0.1, 0.15) is 0 Å². The first-order valence-corrected chi connectivity index (χ1v) is 9.09. The maximum absolute atomic E-state index is 6.16. The smallest absolute Gasteiger partial charge is 0.140 e. The molecule has 5 aromatic rings. The molecule has 25 heavy (non-hydrogen) atoms. The van der Waals surface area contributed by atoms with E-state index in [9.17, 15) is 0 Å². The Morgan fingerprint density at radius 1 is 1.16 bits per heavy atom. The molecule has 0 aliphatic carbocycles. The SMILES string of the molecule is Cn1cc(-c2csc(-c3c[nH]c4ccc(Cl)cc34)n2)c2cccnc21. The summed E-state index contributed by atoms with van der Waals surface area (Å²) in [4.78, 5) is 12.6. The van der Waals surface area contributed by atoms with E-state index in [-0.39, 0.29) is 0 Å². The van der Waals surface area contributed by atoms with Gasteiger partial charge in [0.2, 0.25) is 0 Å². The maximum Gasteiger partial charge on any atom is 0.140 e. The Morgan fingerprint density at radius 2 is 2.08 bits per heavy atom. The fourth-order valence-electron chi connectivity index (χ4n) is 3.21. The largest absolute Gasteiger partial charge is 0.360 e. The van der Waals surface area contributed by atoms with Crippen molar-refractivity contribution in [2.24, 2.45) is 7.05 Å². The fraction of sp³-hybridized carbons (Fsp3) is 0.0526. The second-order valence-electron chi connectivity index (χ2n) is 5.96. The molecule has 0 amide bonds. The molecular weight excluding hydrogens is 352 g/mol. The average molecular weight is 365 g/mol. The van der Waals surface area contributed by atoms with E-state index in [1.807, 2.05) is 48.3 Å². The zero-order chi connectivity index (χ0) is 17.0. The number of halogens is 1. The number of aromatic amines is 1. The summed E-state index contributed by atoms with van der Waals surface area (Å²) in [6.07, 6.45) is 5.89. The van der Waals surface area contributed by atoms with Crippen LogP contribution in [0, 0.1) is 0 Å². The van der Waals surface area contributed by atoms with Crippen LogP contribution in [0.15, 0.2) is 54.3 Å². The lowest BCUT2D eigenvalue weighted by Crippen LogP contribution is -1.85. The Kier molecular flexibility index (Phi) is 3.20. The van der Waals surface area contributed by atoms with Crippen molar-refractivity contribution in [3.05, 3.63) is 59.3 Å². The van der Waals surface area contributed by atoms with Crippen LogP contribution in [-0.4, -0.2) is 19.5 Å². The van der Waals surface area contributed by atoms with Crippen molar-refractivity contribution in [1.82, 2.24) is 19.5 Å². The van der Waals surface area contributed by atoms with Crippen molar-refractivity contribution in [2.75, 3.05) is 0 Å². The number of nitrogens with zero attached hydrogens (tertiary/aromatic N) is 3. The highest BCUT2D eigenvalue weighted by atomic mass is 35.5. The molecule has 0 saturated carbocycles. The van der Waals surface area contributed by atoms with Crippen LogP contribution in [0.2, 0.25) is 5.02 Å². The Bertz CT molecular complexity index is 1230. The average Bonchev–Trinajstić information content (AvgIpc) is 3.32. The third-order valence-corrected chi connectivity index (χ3v) is 5.50. The number of hydrogen-bond donors (Lipinski definition) is 1. The van der Waals surface area contributed by atoms with Gasteiger partial charge in [0, 0.05) is 63.5 Å². The minimum atomic E-state index is 0.727. The lowest BCUT2D eigenvalue weighted by molar-refractivity contribution is 0.949. The summed E-state index contributed by atoms with van der Waals surface area (Å²) < 4.78 is 2.04. The number of fused-ring (bicyclic) bond motifs is 2. The van der Waals surface area contributed by atoms with Crippen LogP contribution >= 0.6 is 22.9 Å². The van der Waals surface area contributed by atoms with Gasteiger partial charge in [-0.1, -0.05) is 11.6 Å². The summed E-state index contributed by atoms with van der Waals surface area (Å²) in [6.45, 7) is 0. The van der Waals surface area contributed by atoms with Crippen molar-refractivity contribution in [1.29, 1.82) is 0 Å². The zero-order valence-corrected chi connectivity index (χ0v) is 14.9. The van der Waals surface area contributed by atoms with Crippen LogP contribution in [-0.2, 0) is 7.05 Å². The van der Waals surface area contributed by atoms with Crippen molar-refractivity contribution in [3.63, 3.8) is 0 Å². The van der Waals surface area contributed by atoms with E-state index in [1.165, 1.54) is 0 Å². The first-order valence-electron chi connectivity index (χ1n) is 7.83. The second-order valence-corrected chi connectivity index (χ2v) is 7.25. The molecule has 4 heterocycles.